The van der Waals surface area contributed by atoms with Crippen LogP contribution in [0.4, 0.5) is 17.1 Å². The summed E-state index contributed by atoms with van der Waals surface area (Å²) in [5.74, 6) is 0. The third kappa shape index (κ3) is 7.37. The fourth-order valence-electron chi connectivity index (χ4n) is 9.21. The molecule has 11 rings (SSSR count). The summed E-state index contributed by atoms with van der Waals surface area (Å²) in [4.78, 5) is 2.39. The van der Waals surface area contributed by atoms with E-state index in [2.05, 4.69) is 266 Å². The molecule has 0 amide bonds. The van der Waals surface area contributed by atoms with Gasteiger partial charge in [-0.15, -0.1) is 0 Å². The number of rotatable bonds is 9. The average molecular weight is 802 g/mol. The molecule has 11 aromatic rings. The van der Waals surface area contributed by atoms with Crippen molar-refractivity contribution in [1.82, 2.24) is 0 Å². The summed E-state index contributed by atoms with van der Waals surface area (Å²) in [6.45, 7) is 0. The van der Waals surface area contributed by atoms with Gasteiger partial charge in [-0.3, -0.25) is 0 Å². The molecule has 0 aliphatic carbocycles. The molecule has 0 heterocycles. The van der Waals surface area contributed by atoms with Crippen molar-refractivity contribution in [2.45, 2.75) is 0 Å². The Morgan fingerprint density at radius 2 is 0.667 bits per heavy atom. The van der Waals surface area contributed by atoms with Crippen LogP contribution in [0.3, 0.4) is 0 Å². The summed E-state index contributed by atoms with van der Waals surface area (Å²) in [6, 6.07) is 94.7. The molecule has 63 heavy (non-hydrogen) atoms. The molecule has 0 N–H and O–H groups in total. The first-order valence-corrected chi connectivity index (χ1v) is 21.7. The van der Waals surface area contributed by atoms with Gasteiger partial charge in [0.1, 0.15) is 0 Å². The summed E-state index contributed by atoms with van der Waals surface area (Å²) in [5.41, 5.74) is 17.6. The predicted octanol–water partition coefficient (Wildman–Crippen LogP) is 17.5. The molecule has 0 atom stereocenters. The van der Waals surface area contributed by atoms with Gasteiger partial charge < -0.3 is 4.90 Å². The molecular formula is C62H43N. The first-order chi connectivity index (χ1) is 31.2. The highest BCUT2D eigenvalue weighted by Crippen LogP contribution is 2.46. The van der Waals surface area contributed by atoms with E-state index < -0.39 is 0 Å². The molecule has 0 fully saturated rings. The zero-order valence-electron chi connectivity index (χ0n) is 34.8. The Kier molecular flexibility index (Phi) is 9.97. The SMILES string of the molecule is c1ccc(-c2ccccc2-c2c(-c3ccccc3)cccc2-c2cccc(N(c3ccc(-c4ccc5ccccc5c4)cc3)c3ccc(-c4cccc5ccccc45)cc3)c2)cc1. The minimum Gasteiger partial charge on any atom is -0.310 e. The molecule has 0 aliphatic heterocycles. The Morgan fingerprint density at radius 1 is 0.206 bits per heavy atom. The van der Waals surface area contributed by atoms with E-state index in [1.807, 2.05) is 0 Å². The Bertz CT molecular complexity index is 3360. The lowest BCUT2D eigenvalue weighted by Gasteiger charge is -2.27. The van der Waals surface area contributed by atoms with Crippen molar-refractivity contribution >= 4 is 38.6 Å². The van der Waals surface area contributed by atoms with Gasteiger partial charge in [-0.1, -0.05) is 218 Å². The highest BCUT2D eigenvalue weighted by atomic mass is 15.1. The van der Waals surface area contributed by atoms with E-state index in [1.54, 1.807) is 0 Å². The van der Waals surface area contributed by atoms with E-state index >= 15 is 0 Å². The monoisotopic (exact) mass is 801 g/mol. The van der Waals surface area contributed by atoms with Crippen LogP contribution in [0.5, 0.6) is 0 Å². The van der Waals surface area contributed by atoms with Crippen molar-refractivity contribution in [1.29, 1.82) is 0 Å². The summed E-state index contributed by atoms with van der Waals surface area (Å²) in [7, 11) is 0. The first kappa shape index (κ1) is 37.7. The van der Waals surface area contributed by atoms with Crippen LogP contribution < -0.4 is 4.90 Å². The molecular weight excluding hydrogens is 759 g/mol. The van der Waals surface area contributed by atoms with Crippen molar-refractivity contribution in [3.63, 3.8) is 0 Å². The molecule has 0 spiro atoms. The first-order valence-electron chi connectivity index (χ1n) is 21.7. The van der Waals surface area contributed by atoms with E-state index in [-0.39, 0.29) is 0 Å². The number of hydrogen-bond donors (Lipinski definition) is 0. The third-order valence-corrected chi connectivity index (χ3v) is 12.3. The van der Waals surface area contributed by atoms with Crippen molar-refractivity contribution in [2.24, 2.45) is 0 Å². The second-order valence-electron chi connectivity index (χ2n) is 16.1. The quantitative estimate of drug-likeness (QED) is 0.141. The Balaban J connectivity index is 1.06. The second-order valence-corrected chi connectivity index (χ2v) is 16.1. The van der Waals surface area contributed by atoms with Gasteiger partial charge in [0.2, 0.25) is 0 Å². The maximum atomic E-state index is 2.39. The topological polar surface area (TPSA) is 3.24 Å². The molecule has 0 saturated heterocycles. The van der Waals surface area contributed by atoms with Crippen LogP contribution in [-0.4, -0.2) is 0 Å². The van der Waals surface area contributed by atoms with Crippen LogP contribution in [0.2, 0.25) is 0 Å². The molecule has 0 unspecified atom stereocenters. The van der Waals surface area contributed by atoms with E-state index in [0.717, 1.165) is 22.6 Å². The van der Waals surface area contributed by atoms with Gasteiger partial charge in [-0.2, -0.15) is 0 Å². The predicted molar refractivity (Wildman–Crippen MR) is 269 cm³/mol. The van der Waals surface area contributed by atoms with Gasteiger partial charge >= 0.3 is 0 Å². The van der Waals surface area contributed by atoms with Crippen LogP contribution in [0.1, 0.15) is 0 Å². The minimum absolute atomic E-state index is 1.08. The van der Waals surface area contributed by atoms with Crippen LogP contribution in [0.15, 0.2) is 261 Å². The summed E-state index contributed by atoms with van der Waals surface area (Å²) in [6.07, 6.45) is 0. The molecule has 1 nitrogen and oxygen atoms in total. The molecule has 0 bridgehead atoms. The zero-order valence-corrected chi connectivity index (χ0v) is 34.8. The highest BCUT2D eigenvalue weighted by molar-refractivity contribution is 6.01. The van der Waals surface area contributed by atoms with E-state index in [9.17, 15) is 0 Å². The largest absolute Gasteiger partial charge is 0.310 e. The lowest BCUT2D eigenvalue weighted by atomic mass is 9.84. The van der Waals surface area contributed by atoms with Gasteiger partial charge in [0.15, 0.2) is 0 Å². The molecule has 0 aromatic heterocycles. The molecule has 0 saturated carbocycles. The molecule has 0 aliphatic rings. The van der Waals surface area contributed by atoms with Crippen molar-refractivity contribution in [3.05, 3.63) is 261 Å². The van der Waals surface area contributed by atoms with Gasteiger partial charge in [-0.25, -0.2) is 0 Å². The fourth-order valence-corrected chi connectivity index (χ4v) is 9.21. The number of fused-ring (bicyclic) bond motifs is 2. The van der Waals surface area contributed by atoms with Crippen molar-refractivity contribution < 1.29 is 0 Å². The third-order valence-electron chi connectivity index (χ3n) is 12.3. The summed E-state index contributed by atoms with van der Waals surface area (Å²) < 4.78 is 0. The maximum Gasteiger partial charge on any atom is 0.0467 e. The number of anilines is 3. The van der Waals surface area contributed by atoms with Gasteiger partial charge in [0, 0.05) is 17.1 Å². The van der Waals surface area contributed by atoms with Crippen molar-refractivity contribution in [2.75, 3.05) is 4.90 Å². The lowest BCUT2D eigenvalue weighted by Crippen LogP contribution is -2.10. The normalized spacial score (nSPS) is 11.2. The van der Waals surface area contributed by atoms with Gasteiger partial charge in [0.25, 0.3) is 0 Å². The van der Waals surface area contributed by atoms with Gasteiger partial charge in [0.05, 0.1) is 0 Å². The van der Waals surface area contributed by atoms with E-state index in [4.69, 9.17) is 0 Å². The number of benzene rings is 11. The van der Waals surface area contributed by atoms with Crippen molar-refractivity contribution in [3.8, 4) is 66.8 Å². The smallest absolute Gasteiger partial charge is 0.0467 e. The molecule has 1 heteroatoms. The maximum absolute atomic E-state index is 2.39. The molecule has 11 aromatic carbocycles. The van der Waals surface area contributed by atoms with Crippen LogP contribution >= 0.6 is 0 Å². The van der Waals surface area contributed by atoms with E-state index in [1.165, 1.54) is 82.7 Å². The Labute approximate surface area is 369 Å². The summed E-state index contributed by atoms with van der Waals surface area (Å²) >= 11 is 0. The van der Waals surface area contributed by atoms with Crippen LogP contribution in [0.25, 0.3) is 88.3 Å². The summed E-state index contributed by atoms with van der Waals surface area (Å²) in [5, 5.41) is 4.98. The average Bonchev–Trinajstić information content (AvgIpc) is 3.37. The number of nitrogens with zero attached hydrogens (tertiary/aromatic N) is 1. The van der Waals surface area contributed by atoms with Crippen LogP contribution in [-0.2, 0) is 0 Å². The van der Waals surface area contributed by atoms with Gasteiger partial charge in [-0.05, 0) is 131 Å². The van der Waals surface area contributed by atoms with E-state index in [0.29, 0.717) is 0 Å². The Morgan fingerprint density at radius 3 is 1.40 bits per heavy atom. The number of hydrogen-bond acceptors (Lipinski definition) is 1. The zero-order chi connectivity index (χ0) is 42.0. The second kappa shape index (κ2) is 16.7. The Hall–Kier alpha value is -8.26. The lowest BCUT2D eigenvalue weighted by molar-refractivity contribution is 1.28. The highest BCUT2D eigenvalue weighted by Gasteiger charge is 2.20. The molecule has 296 valence electrons. The minimum atomic E-state index is 1.08. The molecule has 0 radical (unpaired) electrons. The van der Waals surface area contributed by atoms with Crippen LogP contribution in [0, 0.1) is 0 Å². The standard InChI is InChI=1S/C62H43N/c1-3-17-46(18-4-1)58-27-11-12-28-61(58)62-59(48-19-5-2-6-20-48)30-15-31-60(62)52-24-13-25-55(43-52)63(53-38-34-45(35-39-53)51-33-32-44-16-7-8-22-50(44)42-51)54-40-36-49(37-41-54)57-29-14-23-47-21-9-10-26-56(47)57/h1-43H. The fraction of sp³-hybridized carbons (Fsp3) is 0.